The van der Waals surface area contributed by atoms with Gasteiger partial charge in [0, 0.05) is 48.5 Å². The van der Waals surface area contributed by atoms with E-state index in [0.29, 0.717) is 0 Å². The van der Waals surface area contributed by atoms with Crippen LogP contribution in [-0.2, 0) is 14.1 Å². The van der Waals surface area contributed by atoms with E-state index in [4.69, 9.17) is 9.47 Å². The number of benzene rings is 1. The van der Waals surface area contributed by atoms with E-state index in [1.165, 1.54) is 0 Å². The van der Waals surface area contributed by atoms with Crippen LogP contribution in [0, 0.1) is 0 Å². The molecular formula is C19H21N2O2+. The van der Waals surface area contributed by atoms with E-state index in [1.807, 2.05) is 43.2 Å². The summed E-state index contributed by atoms with van der Waals surface area (Å²) in [6.07, 6.45) is 10.4. The highest BCUT2D eigenvalue weighted by molar-refractivity contribution is 5.97. The van der Waals surface area contributed by atoms with E-state index in [9.17, 15) is 0 Å². The zero-order chi connectivity index (χ0) is 16.4. The average Bonchev–Trinajstić information content (AvgIpc) is 2.89. The quantitative estimate of drug-likeness (QED) is 0.692. The van der Waals surface area contributed by atoms with Crippen LogP contribution in [0.15, 0.2) is 42.9 Å². The van der Waals surface area contributed by atoms with E-state index in [0.717, 1.165) is 33.5 Å². The molecule has 23 heavy (non-hydrogen) atoms. The van der Waals surface area contributed by atoms with Gasteiger partial charge >= 0.3 is 0 Å². The maximum Gasteiger partial charge on any atom is 0.169 e. The lowest BCUT2D eigenvalue weighted by atomic mass is 10.1. The number of hydrogen-bond acceptors (Lipinski definition) is 2. The van der Waals surface area contributed by atoms with Gasteiger partial charge in [-0.1, -0.05) is 12.2 Å². The molecule has 0 aliphatic heterocycles. The molecule has 4 heteroatoms. The molecule has 0 aliphatic rings. The van der Waals surface area contributed by atoms with E-state index >= 15 is 0 Å². The number of rotatable bonds is 4. The first-order valence-corrected chi connectivity index (χ1v) is 7.47. The molecule has 0 fully saturated rings. The van der Waals surface area contributed by atoms with Crippen LogP contribution >= 0.6 is 0 Å². The second kappa shape index (κ2) is 6.16. The van der Waals surface area contributed by atoms with Gasteiger partial charge in [-0.2, -0.15) is 0 Å². The van der Waals surface area contributed by atoms with Crippen LogP contribution in [0.3, 0.4) is 0 Å². The Morgan fingerprint density at radius 3 is 2.43 bits per heavy atom. The summed E-state index contributed by atoms with van der Waals surface area (Å²) in [4.78, 5) is 0. The summed E-state index contributed by atoms with van der Waals surface area (Å²) < 4.78 is 15.0. The summed E-state index contributed by atoms with van der Waals surface area (Å²) in [7, 11) is 7.39. The third-order valence-corrected chi connectivity index (χ3v) is 3.97. The number of pyridine rings is 1. The van der Waals surface area contributed by atoms with Crippen molar-refractivity contribution in [3.63, 3.8) is 0 Å². The molecule has 2 aromatic heterocycles. The minimum Gasteiger partial charge on any atom is -0.497 e. The minimum absolute atomic E-state index is 0.793. The van der Waals surface area contributed by atoms with Crippen LogP contribution in [0.5, 0.6) is 11.5 Å². The Labute approximate surface area is 136 Å². The first-order chi connectivity index (χ1) is 11.1. The molecule has 0 radical (unpaired) electrons. The van der Waals surface area contributed by atoms with E-state index in [2.05, 4.69) is 35.0 Å². The minimum atomic E-state index is 0.793. The molecule has 0 bridgehead atoms. The van der Waals surface area contributed by atoms with E-state index in [-0.39, 0.29) is 0 Å². The molecule has 1 aromatic carbocycles. The second-order valence-corrected chi connectivity index (χ2v) is 5.55. The van der Waals surface area contributed by atoms with Gasteiger partial charge in [-0.3, -0.25) is 0 Å². The van der Waals surface area contributed by atoms with Crippen LogP contribution < -0.4 is 14.0 Å². The van der Waals surface area contributed by atoms with Gasteiger partial charge in [-0.25, -0.2) is 4.57 Å². The van der Waals surface area contributed by atoms with E-state index in [1.54, 1.807) is 14.2 Å². The maximum absolute atomic E-state index is 5.56. The molecule has 0 N–H and O–H groups in total. The van der Waals surface area contributed by atoms with Gasteiger partial charge in [-0.05, 0) is 5.56 Å². The van der Waals surface area contributed by atoms with Crippen molar-refractivity contribution in [1.82, 2.24) is 4.57 Å². The van der Waals surface area contributed by atoms with Crippen molar-refractivity contribution in [2.75, 3.05) is 14.2 Å². The third kappa shape index (κ3) is 2.93. The summed E-state index contributed by atoms with van der Waals surface area (Å²) in [6, 6.07) is 8.11. The number of methoxy groups -OCH3 is 2. The molecule has 0 amide bonds. The standard InChI is InChI=1S/C19H21N2O2/c1-20-9-7-14(8-10-20)5-6-15-13-21(2)17-11-16(22-3)12-18(23-4)19(15)17/h5-13H,1-4H3/q+1. The fraction of sp³-hybridized carbons (Fsp3) is 0.211. The number of fused-ring (bicyclic) bond motifs is 1. The van der Waals surface area contributed by atoms with Crippen molar-refractivity contribution in [3.8, 4) is 11.5 Å². The normalized spacial score (nSPS) is 11.3. The van der Waals surface area contributed by atoms with Crippen LogP contribution in [0.2, 0.25) is 0 Å². The van der Waals surface area contributed by atoms with Gasteiger partial charge < -0.3 is 14.0 Å². The predicted molar refractivity (Wildman–Crippen MR) is 92.6 cm³/mol. The van der Waals surface area contributed by atoms with Crippen LogP contribution in [0.1, 0.15) is 11.1 Å². The topological polar surface area (TPSA) is 27.3 Å². The Hall–Kier alpha value is -2.75. The fourth-order valence-corrected chi connectivity index (χ4v) is 2.70. The van der Waals surface area contributed by atoms with Crippen molar-refractivity contribution < 1.29 is 14.0 Å². The van der Waals surface area contributed by atoms with Crippen LogP contribution in [-0.4, -0.2) is 18.8 Å². The zero-order valence-corrected chi connectivity index (χ0v) is 13.9. The Kier molecular flexibility index (Phi) is 4.06. The number of aryl methyl sites for hydroxylation is 2. The molecule has 2 heterocycles. The molecule has 3 aromatic rings. The van der Waals surface area contributed by atoms with Crippen molar-refractivity contribution in [2.45, 2.75) is 0 Å². The molecule has 4 nitrogen and oxygen atoms in total. The summed E-state index contributed by atoms with van der Waals surface area (Å²) in [5.74, 6) is 1.61. The molecule has 0 aliphatic carbocycles. The monoisotopic (exact) mass is 309 g/mol. The lowest BCUT2D eigenvalue weighted by Crippen LogP contribution is -2.25. The maximum atomic E-state index is 5.56. The van der Waals surface area contributed by atoms with Gasteiger partial charge in [0.2, 0.25) is 0 Å². The molecule has 0 saturated carbocycles. The third-order valence-electron chi connectivity index (χ3n) is 3.97. The fourth-order valence-electron chi connectivity index (χ4n) is 2.70. The summed E-state index contributed by atoms with van der Waals surface area (Å²) in [5.41, 5.74) is 3.36. The van der Waals surface area contributed by atoms with Gasteiger partial charge in [0.05, 0.1) is 19.7 Å². The van der Waals surface area contributed by atoms with Crippen molar-refractivity contribution in [2.24, 2.45) is 14.1 Å². The smallest absolute Gasteiger partial charge is 0.169 e. The number of hydrogen-bond donors (Lipinski definition) is 0. The molecular weight excluding hydrogens is 288 g/mol. The molecule has 0 saturated heterocycles. The number of aromatic nitrogens is 2. The number of nitrogens with zero attached hydrogens (tertiary/aromatic N) is 2. The SMILES string of the molecule is COc1cc(OC)c2c(C=Cc3cc[n+](C)cc3)cn(C)c2c1. The summed E-state index contributed by atoms with van der Waals surface area (Å²) in [5, 5.41) is 1.09. The molecule has 3 rings (SSSR count). The lowest BCUT2D eigenvalue weighted by Gasteiger charge is -2.07. The van der Waals surface area contributed by atoms with Gasteiger partial charge in [0.25, 0.3) is 0 Å². The first-order valence-electron chi connectivity index (χ1n) is 7.47. The van der Waals surface area contributed by atoms with Gasteiger partial charge in [0.1, 0.15) is 18.5 Å². The molecule has 0 spiro atoms. The largest absolute Gasteiger partial charge is 0.497 e. The predicted octanol–water partition coefficient (Wildman–Crippen LogP) is 3.19. The Balaban J connectivity index is 2.09. The summed E-state index contributed by atoms with van der Waals surface area (Å²) in [6.45, 7) is 0. The van der Waals surface area contributed by atoms with Crippen molar-refractivity contribution in [1.29, 1.82) is 0 Å². The summed E-state index contributed by atoms with van der Waals surface area (Å²) >= 11 is 0. The van der Waals surface area contributed by atoms with Crippen molar-refractivity contribution in [3.05, 3.63) is 54.0 Å². The first kappa shape index (κ1) is 15.2. The lowest BCUT2D eigenvalue weighted by molar-refractivity contribution is -0.671. The molecule has 0 unspecified atom stereocenters. The highest BCUT2D eigenvalue weighted by Crippen LogP contribution is 2.35. The molecule has 0 atom stereocenters. The second-order valence-electron chi connectivity index (χ2n) is 5.55. The van der Waals surface area contributed by atoms with Gasteiger partial charge in [0.15, 0.2) is 12.4 Å². The Bertz CT molecular complexity index is 861. The van der Waals surface area contributed by atoms with Gasteiger partial charge in [-0.15, -0.1) is 0 Å². The molecule has 118 valence electrons. The zero-order valence-electron chi connectivity index (χ0n) is 13.9. The van der Waals surface area contributed by atoms with Crippen LogP contribution in [0.25, 0.3) is 23.1 Å². The van der Waals surface area contributed by atoms with Crippen LogP contribution in [0.4, 0.5) is 0 Å². The highest BCUT2D eigenvalue weighted by atomic mass is 16.5. The average molecular weight is 309 g/mol. The van der Waals surface area contributed by atoms with E-state index < -0.39 is 0 Å². The highest BCUT2D eigenvalue weighted by Gasteiger charge is 2.12. The number of ether oxygens (including phenoxy) is 2. The van der Waals surface area contributed by atoms with Crippen molar-refractivity contribution >= 4 is 23.1 Å². The Morgan fingerprint density at radius 1 is 1.04 bits per heavy atom. The Morgan fingerprint density at radius 2 is 1.78 bits per heavy atom.